The number of hydrogen-bond donors (Lipinski definition) is 2. The van der Waals surface area contributed by atoms with Crippen LogP contribution in [0.15, 0.2) is 0 Å². The molecule has 9 heavy (non-hydrogen) atoms. The van der Waals surface area contributed by atoms with Gasteiger partial charge in [-0.2, -0.15) is 0 Å². The first kappa shape index (κ1) is 72.6. The second kappa shape index (κ2) is 48.5. The van der Waals surface area contributed by atoms with Gasteiger partial charge >= 0.3 is 6.16 Å². The van der Waals surface area contributed by atoms with Crippen LogP contribution >= 0.6 is 0 Å². The summed E-state index contributed by atoms with van der Waals surface area (Å²) in [6.45, 7) is 0. The SMILES string of the molecule is O.O.O.O.O=C(O)O.[Mn]. The summed E-state index contributed by atoms with van der Waals surface area (Å²) < 4.78 is 0. The summed E-state index contributed by atoms with van der Waals surface area (Å²) in [5.74, 6) is 0. The second-order valence-corrected chi connectivity index (χ2v) is 0.283. The van der Waals surface area contributed by atoms with Gasteiger partial charge in [-0.1, -0.05) is 0 Å². The second-order valence-electron chi connectivity index (χ2n) is 0.283. The van der Waals surface area contributed by atoms with E-state index in [2.05, 4.69) is 0 Å². The van der Waals surface area contributed by atoms with Gasteiger partial charge in [0.15, 0.2) is 0 Å². The Morgan fingerprint density at radius 3 is 0.889 bits per heavy atom. The summed E-state index contributed by atoms with van der Waals surface area (Å²) in [4.78, 5) is 8.56. The van der Waals surface area contributed by atoms with Crippen molar-refractivity contribution in [3.63, 3.8) is 0 Å². The standard InChI is InChI=1S/CH2O3.Mn.4H2O/c2-1(3)4;;;;;/h(H2,2,3,4);;4*1H2. The van der Waals surface area contributed by atoms with Gasteiger partial charge in [0.1, 0.15) is 0 Å². The molecule has 0 atom stereocenters. The summed E-state index contributed by atoms with van der Waals surface area (Å²) in [6.07, 6.45) is -1.83. The van der Waals surface area contributed by atoms with Crippen LogP contribution < -0.4 is 0 Å². The average Bonchev–Trinajstić information content (AvgIpc) is 0.811. The van der Waals surface area contributed by atoms with Gasteiger partial charge in [0, 0.05) is 17.1 Å². The summed E-state index contributed by atoms with van der Waals surface area (Å²) in [6, 6.07) is 0. The zero-order valence-corrected chi connectivity index (χ0v) is 5.36. The maximum Gasteiger partial charge on any atom is 0.503 e. The first-order chi connectivity index (χ1) is 1.73. The third-order valence-electron chi connectivity index (χ3n) is 0. The van der Waals surface area contributed by atoms with Crippen LogP contribution in [0.4, 0.5) is 4.79 Å². The van der Waals surface area contributed by atoms with E-state index in [1.165, 1.54) is 0 Å². The van der Waals surface area contributed by atoms with Crippen molar-refractivity contribution >= 4 is 6.16 Å². The number of carboxylic acid groups (broad SMARTS) is 2. The Morgan fingerprint density at radius 1 is 0.889 bits per heavy atom. The van der Waals surface area contributed by atoms with E-state index in [0.29, 0.717) is 0 Å². The molecular formula is CH10MnO7. The zero-order valence-electron chi connectivity index (χ0n) is 4.18. The van der Waals surface area contributed by atoms with E-state index in [4.69, 9.17) is 15.0 Å². The maximum atomic E-state index is 8.56. The van der Waals surface area contributed by atoms with Crippen LogP contribution in [0.2, 0.25) is 0 Å². The molecule has 7 nitrogen and oxygen atoms in total. The molecule has 0 aromatic rings. The predicted molar refractivity (Wildman–Crippen MR) is 25.1 cm³/mol. The molecule has 0 aromatic carbocycles. The Morgan fingerprint density at radius 2 is 0.889 bits per heavy atom. The van der Waals surface area contributed by atoms with Crippen LogP contribution in [0.1, 0.15) is 0 Å². The van der Waals surface area contributed by atoms with E-state index in [1.807, 2.05) is 0 Å². The van der Waals surface area contributed by atoms with Crippen LogP contribution in [0.25, 0.3) is 0 Å². The number of hydrogen-bond acceptors (Lipinski definition) is 1. The molecular weight excluding hydrogens is 179 g/mol. The molecule has 0 aliphatic rings. The summed E-state index contributed by atoms with van der Waals surface area (Å²) in [7, 11) is 0. The van der Waals surface area contributed by atoms with E-state index in [9.17, 15) is 0 Å². The fourth-order valence-corrected chi connectivity index (χ4v) is 0. The third kappa shape index (κ3) is 1760. The minimum absolute atomic E-state index is 0. The van der Waals surface area contributed by atoms with E-state index in [1.54, 1.807) is 0 Å². The van der Waals surface area contributed by atoms with Crippen molar-refractivity contribution in [2.24, 2.45) is 0 Å². The molecule has 10 N–H and O–H groups in total. The monoisotopic (exact) mass is 189 g/mol. The van der Waals surface area contributed by atoms with E-state index in [0.717, 1.165) is 0 Å². The molecule has 63 valence electrons. The van der Waals surface area contributed by atoms with Crippen molar-refractivity contribution in [1.29, 1.82) is 0 Å². The van der Waals surface area contributed by atoms with Gasteiger partial charge in [-0.05, 0) is 0 Å². The smallest absolute Gasteiger partial charge is 0.450 e. The fraction of sp³-hybridized carbons (Fsp3) is 0. The van der Waals surface area contributed by atoms with Gasteiger partial charge in [-0.3, -0.25) is 0 Å². The average molecular weight is 189 g/mol. The Labute approximate surface area is 61.0 Å². The van der Waals surface area contributed by atoms with Crippen molar-refractivity contribution in [2.45, 2.75) is 0 Å². The van der Waals surface area contributed by atoms with Crippen molar-refractivity contribution in [1.82, 2.24) is 0 Å². The maximum absolute atomic E-state index is 8.56. The fourth-order valence-electron chi connectivity index (χ4n) is 0. The molecule has 0 rings (SSSR count). The topological polar surface area (TPSA) is 184 Å². The molecule has 0 aliphatic carbocycles. The van der Waals surface area contributed by atoms with Crippen LogP contribution in [-0.2, 0) is 17.1 Å². The Kier molecular flexibility index (Phi) is 391. The molecule has 0 heterocycles. The molecule has 0 bridgehead atoms. The quantitative estimate of drug-likeness (QED) is 0.383. The molecule has 1 radical (unpaired) electrons. The molecule has 0 amide bonds. The molecule has 0 unspecified atom stereocenters. The van der Waals surface area contributed by atoms with Crippen molar-refractivity contribution < 1.29 is 54.0 Å². The number of carbonyl (C=O) groups is 1. The summed E-state index contributed by atoms with van der Waals surface area (Å²) >= 11 is 0. The van der Waals surface area contributed by atoms with E-state index < -0.39 is 6.16 Å². The number of rotatable bonds is 0. The van der Waals surface area contributed by atoms with Gasteiger partial charge in [0.2, 0.25) is 0 Å². The zero-order chi connectivity index (χ0) is 3.58. The van der Waals surface area contributed by atoms with E-state index in [-0.39, 0.29) is 39.0 Å². The molecule has 8 heteroatoms. The van der Waals surface area contributed by atoms with Gasteiger partial charge in [0.25, 0.3) is 0 Å². The predicted octanol–water partition coefficient (Wildman–Crippen LogP) is -3.08. The largest absolute Gasteiger partial charge is 0.503 e. The van der Waals surface area contributed by atoms with Crippen molar-refractivity contribution in [3.8, 4) is 0 Å². The van der Waals surface area contributed by atoms with Gasteiger partial charge in [-0.25, -0.2) is 4.79 Å². The summed E-state index contributed by atoms with van der Waals surface area (Å²) in [5.41, 5.74) is 0. The normalized spacial score (nSPS) is 2.67. The van der Waals surface area contributed by atoms with Crippen LogP contribution in [-0.4, -0.2) is 38.3 Å². The Balaban J connectivity index is -0.00000000450. The molecule has 0 aromatic heterocycles. The molecule has 0 aliphatic heterocycles. The van der Waals surface area contributed by atoms with Gasteiger partial charge in [-0.15, -0.1) is 0 Å². The molecule has 0 saturated heterocycles. The van der Waals surface area contributed by atoms with Crippen molar-refractivity contribution in [2.75, 3.05) is 0 Å². The van der Waals surface area contributed by atoms with E-state index >= 15 is 0 Å². The first-order valence-corrected chi connectivity index (χ1v) is 0.651. The van der Waals surface area contributed by atoms with Crippen LogP contribution in [0.5, 0.6) is 0 Å². The third-order valence-corrected chi connectivity index (χ3v) is 0. The van der Waals surface area contributed by atoms with Gasteiger partial charge < -0.3 is 32.1 Å². The Bertz CT molecular complexity index is 31.9. The molecule has 0 spiro atoms. The summed E-state index contributed by atoms with van der Waals surface area (Å²) in [5, 5.41) is 13.9. The molecule has 0 saturated carbocycles. The first-order valence-electron chi connectivity index (χ1n) is 0.651. The molecule has 0 fully saturated rings. The van der Waals surface area contributed by atoms with Crippen LogP contribution in [0, 0.1) is 0 Å². The minimum atomic E-state index is -1.83. The van der Waals surface area contributed by atoms with Crippen LogP contribution in [0.3, 0.4) is 0 Å². The van der Waals surface area contributed by atoms with Gasteiger partial charge in [0.05, 0.1) is 0 Å². The Hall–Kier alpha value is -0.371. The van der Waals surface area contributed by atoms with Crippen molar-refractivity contribution in [3.05, 3.63) is 0 Å². The minimum Gasteiger partial charge on any atom is -0.450 e.